The zero-order chi connectivity index (χ0) is 13.4. The standard InChI is InChI=1S/C14H25NO3/c1-11(7-8-14(17)18)10-15-13(16)9-12-5-3-2-4-6-12/h11-12H,2-10H2,1H3,(H,15,16)(H,17,18). The molecule has 0 aliphatic heterocycles. The summed E-state index contributed by atoms with van der Waals surface area (Å²) < 4.78 is 0. The lowest BCUT2D eigenvalue weighted by Crippen LogP contribution is -2.30. The molecule has 1 aliphatic rings. The first-order chi connectivity index (χ1) is 8.58. The maximum Gasteiger partial charge on any atom is 0.303 e. The van der Waals surface area contributed by atoms with Crippen molar-refractivity contribution in [1.29, 1.82) is 0 Å². The van der Waals surface area contributed by atoms with Crippen molar-refractivity contribution in [3.05, 3.63) is 0 Å². The van der Waals surface area contributed by atoms with Crippen molar-refractivity contribution in [3.8, 4) is 0 Å². The van der Waals surface area contributed by atoms with Crippen molar-refractivity contribution in [3.63, 3.8) is 0 Å². The Bertz CT molecular complexity index is 272. The molecule has 18 heavy (non-hydrogen) atoms. The van der Waals surface area contributed by atoms with E-state index in [9.17, 15) is 9.59 Å². The third-order valence-electron chi connectivity index (χ3n) is 3.70. The molecule has 1 saturated carbocycles. The lowest BCUT2D eigenvalue weighted by Gasteiger charge is -2.21. The summed E-state index contributed by atoms with van der Waals surface area (Å²) in [7, 11) is 0. The van der Waals surface area contributed by atoms with Crippen LogP contribution in [0.3, 0.4) is 0 Å². The third kappa shape index (κ3) is 6.62. The van der Waals surface area contributed by atoms with E-state index in [1.165, 1.54) is 32.1 Å². The minimum atomic E-state index is -0.768. The van der Waals surface area contributed by atoms with Crippen LogP contribution in [0.25, 0.3) is 0 Å². The van der Waals surface area contributed by atoms with Gasteiger partial charge in [0.2, 0.25) is 5.91 Å². The highest BCUT2D eigenvalue weighted by Gasteiger charge is 2.17. The van der Waals surface area contributed by atoms with Crippen LogP contribution in [0.2, 0.25) is 0 Å². The number of carboxylic acid groups (broad SMARTS) is 1. The summed E-state index contributed by atoms with van der Waals surface area (Å²) >= 11 is 0. The van der Waals surface area contributed by atoms with Gasteiger partial charge < -0.3 is 10.4 Å². The van der Waals surface area contributed by atoms with Gasteiger partial charge in [-0.3, -0.25) is 9.59 Å². The maximum absolute atomic E-state index is 11.7. The highest BCUT2D eigenvalue weighted by Crippen LogP contribution is 2.26. The van der Waals surface area contributed by atoms with Crippen molar-refractivity contribution >= 4 is 11.9 Å². The fourth-order valence-corrected chi connectivity index (χ4v) is 2.49. The van der Waals surface area contributed by atoms with Crippen molar-refractivity contribution in [2.45, 2.75) is 58.3 Å². The van der Waals surface area contributed by atoms with E-state index in [2.05, 4.69) is 5.32 Å². The fraction of sp³-hybridized carbons (Fsp3) is 0.857. The van der Waals surface area contributed by atoms with Crippen LogP contribution in [0.5, 0.6) is 0 Å². The molecular weight excluding hydrogens is 230 g/mol. The maximum atomic E-state index is 11.7. The molecule has 1 aliphatic carbocycles. The fourth-order valence-electron chi connectivity index (χ4n) is 2.49. The number of carbonyl (C=O) groups is 2. The smallest absolute Gasteiger partial charge is 0.303 e. The first-order valence-corrected chi connectivity index (χ1v) is 7.06. The molecule has 4 nitrogen and oxygen atoms in total. The summed E-state index contributed by atoms with van der Waals surface area (Å²) in [5.41, 5.74) is 0. The molecule has 4 heteroatoms. The number of hydrogen-bond donors (Lipinski definition) is 2. The molecule has 0 aromatic heterocycles. The Morgan fingerprint density at radius 1 is 1.28 bits per heavy atom. The quantitative estimate of drug-likeness (QED) is 0.734. The van der Waals surface area contributed by atoms with E-state index in [0.29, 0.717) is 25.3 Å². The molecule has 0 bridgehead atoms. The lowest BCUT2D eigenvalue weighted by molar-refractivity contribution is -0.137. The van der Waals surface area contributed by atoms with Gasteiger partial charge in [-0.2, -0.15) is 0 Å². The van der Waals surface area contributed by atoms with E-state index >= 15 is 0 Å². The van der Waals surface area contributed by atoms with Crippen LogP contribution < -0.4 is 5.32 Å². The van der Waals surface area contributed by atoms with Gasteiger partial charge in [-0.05, 0) is 31.1 Å². The number of nitrogens with one attached hydrogen (secondary N) is 1. The van der Waals surface area contributed by atoms with Gasteiger partial charge in [-0.25, -0.2) is 0 Å². The molecule has 0 heterocycles. The molecule has 0 spiro atoms. The van der Waals surface area contributed by atoms with Gasteiger partial charge in [-0.15, -0.1) is 0 Å². The number of hydrogen-bond acceptors (Lipinski definition) is 2. The van der Waals surface area contributed by atoms with Crippen LogP contribution in [-0.4, -0.2) is 23.5 Å². The van der Waals surface area contributed by atoms with E-state index in [0.717, 1.165) is 0 Å². The van der Waals surface area contributed by atoms with Gasteiger partial charge >= 0.3 is 5.97 Å². The molecule has 1 rings (SSSR count). The zero-order valence-electron chi connectivity index (χ0n) is 11.3. The van der Waals surface area contributed by atoms with Crippen LogP contribution in [0, 0.1) is 11.8 Å². The van der Waals surface area contributed by atoms with Crippen molar-refractivity contribution in [1.82, 2.24) is 5.32 Å². The van der Waals surface area contributed by atoms with Gasteiger partial charge in [0, 0.05) is 19.4 Å². The van der Waals surface area contributed by atoms with Gasteiger partial charge in [-0.1, -0.05) is 26.2 Å². The molecule has 1 atom stereocenters. The predicted molar refractivity (Wildman–Crippen MR) is 70.2 cm³/mol. The van der Waals surface area contributed by atoms with E-state index < -0.39 is 5.97 Å². The summed E-state index contributed by atoms with van der Waals surface area (Å²) in [5.74, 6) is 0.156. The minimum absolute atomic E-state index is 0.129. The molecular formula is C14H25NO3. The van der Waals surface area contributed by atoms with E-state index in [1.54, 1.807) is 0 Å². The first-order valence-electron chi connectivity index (χ1n) is 7.06. The Morgan fingerprint density at radius 2 is 1.94 bits per heavy atom. The molecule has 104 valence electrons. The lowest BCUT2D eigenvalue weighted by atomic mass is 9.87. The van der Waals surface area contributed by atoms with Crippen LogP contribution in [0.4, 0.5) is 0 Å². The van der Waals surface area contributed by atoms with Crippen LogP contribution in [0.1, 0.15) is 58.3 Å². The monoisotopic (exact) mass is 255 g/mol. The Balaban J connectivity index is 2.10. The van der Waals surface area contributed by atoms with E-state index in [4.69, 9.17) is 5.11 Å². The average molecular weight is 255 g/mol. The zero-order valence-corrected chi connectivity index (χ0v) is 11.3. The predicted octanol–water partition coefficient (Wildman–Crippen LogP) is 2.57. The van der Waals surface area contributed by atoms with Crippen molar-refractivity contribution < 1.29 is 14.7 Å². The number of carbonyl (C=O) groups excluding carboxylic acids is 1. The molecule has 2 N–H and O–H groups in total. The first kappa shape index (κ1) is 15.0. The Kier molecular flexibility index (Phi) is 6.76. The average Bonchev–Trinajstić information content (AvgIpc) is 2.35. The SMILES string of the molecule is CC(CCC(=O)O)CNC(=O)CC1CCCCC1. The summed E-state index contributed by atoms with van der Waals surface area (Å²) in [6.45, 7) is 2.57. The molecule has 1 unspecified atom stereocenters. The second-order valence-electron chi connectivity index (χ2n) is 5.55. The summed E-state index contributed by atoms with van der Waals surface area (Å²) in [5, 5.41) is 11.5. The normalized spacial score (nSPS) is 18.3. The Hall–Kier alpha value is -1.06. The van der Waals surface area contributed by atoms with Crippen LogP contribution in [-0.2, 0) is 9.59 Å². The number of carboxylic acids is 1. The van der Waals surface area contributed by atoms with Gasteiger partial charge in [0.1, 0.15) is 0 Å². The molecule has 0 aromatic carbocycles. The Labute approximate surface area is 109 Å². The highest BCUT2D eigenvalue weighted by atomic mass is 16.4. The second-order valence-corrected chi connectivity index (χ2v) is 5.55. The second kappa shape index (κ2) is 8.11. The number of rotatable bonds is 7. The van der Waals surface area contributed by atoms with Crippen molar-refractivity contribution in [2.75, 3.05) is 6.54 Å². The topological polar surface area (TPSA) is 66.4 Å². The van der Waals surface area contributed by atoms with Crippen molar-refractivity contribution in [2.24, 2.45) is 11.8 Å². The molecule has 0 saturated heterocycles. The molecule has 1 amide bonds. The minimum Gasteiger partial charge on any atom is -0.481 e. The number of amides is 1. The van der Waals surface area contributed by atoms with Gasteiger partial charge in [0.05, 0.1) is 0 Å². The van der Waals surface area contributed by atoms with Gasteiger partial charge in [0.15, 0.2) is 0 Å². The largest absolute Gasteiger partial charge is 0.481 e. The van der Waals surface area contributed by atoms with E-state index in [1.807, 2.05) is 6.92 Å². The van der Waals surface area contributed by atoms with Crippen LogP contribution in [0.15, 0.2) is 0 Å². The van der Waals surface area contributed by atoms with Gasteiger partial charge in [0.25, 0.3) is 0 Å². The molecule has 0 aromatic rings. The molecule has 0 radical (unpaired) electrons. The summed E-state index contributed by atoms with van der Waals surface area (Å²) in [6.07, 6.45) is 7.64. The number of aliphatic carboxylic acids is 1. The molecule has 1 fully saturated rings. The summed E-state index contributed by atoms with van der Waals surface area (Å²) in [4.78, 5) is 22.1. The van der Waals surface area contributed by atoms with E-state index in [-0.39, 0.29) is 18.2 Å². The summed E-state index contributed by atoms with van der Waals surface area (Å²) in [6, 6.07) is 0. The van der Waals surface area contributed by atoms with Crippen LogP contribution >= 0.6 is 0 Å². The third-order valence-corrected chi connectivity index (χ3v) is 3.70. The highest BCUT2D eigenvalue weighted by molar-refractivity contribution is 5.76. The Morgan fingerprint density at radius 3 is 2.56 bits per heavy atom.